The molecular formula is C9H20N2O3P+. The quantitative estimate of drug-likeness (QED) is 0.514. The third-order valence-corrected chi connectivity index (χ3v) is 3.58. The summed E-state index contributed by atoms with van der Waals surface area (Å²) in [5, 5.41) is 9.74. The van der Waals surface area contributed by atoms with E-state index in [1.807, 2.05) is 21.1 Å². The van der Waals surface area contributed by atoms with Gasteiger partial charge in [-0.2, -0.15) is 0 Å². The summed E-state index contributed by atoms with van der Waals surface area (Å²) in [6, 6.07) is 0. The van der Waals surface area contributed by atoms with Gasteiger partial charge in [-0.1, -0.05) is 0 Å². The van der Waals surface area contributed by atoms with E-state index < -0.39 is 7.92 Å². The van der Waals surface area contributed by atoms with E-state index in [0.717, 1.165) is 0 Å². The van der Waals surface area contributed by atoms with Gasteiger partial charge in [-0.15, -0.1) is 4.67 Å². The molecule has 1 N–H and O–H groups in total. The summed E-state index contributed by atoms with van der Waals surface area (Å²) in [7, 11) is 4.11. The lowest BCUT2D eigenvalue weighted by Crippen LogP contribution is -2.41. The molecule has 1 rings (SSSR count). The van der Waals surface area contributed by atoms with Gasteiger partial charge in [-0.05, 0) is 0 Å². The fraction of sp³-hybridized carbons (Fsp3) is 0.889. The summed E-state index contributed by atoms with van der Waals surface area (Å²) < 4.78 is 7.53. The maximum absolute atomic E-state index is 11.9. The minimum atomic E-state index is -1.76. The Balaban J connectivity index is 2.62. The number of rotatable bonds is 3. The van der Waals surface area contributed by atoms with Crippen LogP contribution in [0.1, 0.15) is 0 Å². The maximum Gasteiger partial charge on any atom is 0.294 e. The van der Waals surface area contributed by atoms with E-state index in [-0.39, 0.29) is 5.48 Å². The Kier molecular flexibility index (Phi) is 4.64. The highest BCUT2D eigenvalue weighted by Gasteiger charge is 2.24. The van der Waals surface area contributed by atoms with Gasteiger partial charge in [0.2, 0.25) is 0 Å². The average molecular weight is 235 g/mol. The third-order valence-electron chi connectivity index (χ3n) is 2.08. The molecule has 0 amide bonds. The van der Waals surface area contributed by atoms with E-state index in [1.54, 1.807) is 4.67 Å². The molecule has 0 bridgehead atoms. The molecular weight excluding hydrogens is 215 g/mol. The molecule has 0 saturated carbocycles. The normalized spacial score (nSPS) is 21.4. The van der Waals surface area contributed by atoms with E-state index in [2.05, 4.69) is 0 Å². The Morgan fingerprint density at radius 1 is 1.40 bits per heavy atom. The van der Waals surface area contributed by atoms with Crippen molar-refractivity contribution in [3.05, 3.63) is 0 Å². The Morgan fingerprint density at radius 3 is 2.40 bits per heavy atom. The highest BCUT2D eigenvalue weighted by molar-refractivity contribution is 7.48. The van der Waals surface area contributed by atoms with Gasteiger partial charge in [0.1, 0.15) is 0 Å². The van der Waals surface area contributed by atoms with Crippen LogP contribution >= 0.6 is 7.92 Å². The van der Waals surface area contributed by atoms with Crippen molar-refractivity contribution in [2.24, 2.45) is 0 Å². The Labute approximate surface area is 92.0 Å². The molecule has 1 aliphatic heterocycles. The zero-order valence-electron chi connectivity index (χ0n) is 9.64. The van der Waals surface area contributed by atoms with Gasteiger partial charge in [0.05, 0.1) is 47.4 Å². The van der Waals surface area contributed by atoms with Crippen molar-refractivity contribution >= 4 is 13.4 Å². The standard InChI is InChI=1S/C9H19N2O3P/c1-11(2,3)8-9(12)15(13)10-4-6-14-7-5-10/h4-8H2,1-3H3/p+1. The highest BCUT2D eigenvalue weighted by Crippen LogP contribution is 2.22. The van der Waals surface area contributed by atoms with Crippen molar-refractivity contribution < 1.29 is 19.2 Å². The summed E-state index contributed by atoms with van der Waals surface area (Å²) in [5.74, 6) is 0. The van der Waals surface area contributed by atoms with E-state index in [1.165, 1.54) is 0 Å². The molecule has 1 aliphatic rings. The fourth-order valence-corrected chi connectivity index (χ4v) is 2.78. The van der Waals surface area contributed by atoms with Crippen LogP contribution in [0, 0.1) is 0 Å². The van der Waals surface area contributed by atoms with E-state index >= 15 is 0 Å². The number of quaternary nitrogens is 1. The number of ether oxygens (including phenoxy) is 1. The van der Waals surface area contributed by atoms with Gasteiger partial charge >= 0.3 is 0 Å². The first-order valence-electron chi connectivity index (χ1n) is 5.05. The van der Waals surface area contributed by atoms with Gasteiger partial charge in [0.25, 0.3) is 5.48 Å². The van der Waals surface area contributed by atoms with Crippen LogP contribution in [0.25, 0.3) is 0 Å². The van der Waals surface area contributed by atoms with Gasteiger partial charge in [0.15, 0.2) is 14.5 Å². The number of hydrogen-bond acceptors (Lipinski definition) is 3. The zero-order valence-corrected chi connectivity index (χ0v) is 10.5. The number of hydrogen-bond donors (Lipinski definition) is 1. The van der Waals surface area contributed by atoms with Crippen molar-refractivity contribution in [1.82, 2.24) is 4.67 Å². The van der Waals surface area contributed by atoms with Crippen LogP contribution in [-0.2, 0) is 4.74 Å². The second-order valence-electron chi connectivity index (χ2n) is 4.70. The molecule has 6 heteroatoms. The molecule has 0 aliphatic carbocycles. The summed E-state index contributed by atoms with van der Waals surface area (Å²) in [4.78, 5) is 11.9. The van der Waals surface area contributed by atoms with Crippen molar-refractivity contribution in [1.29, 1.82) is 0 Å². The lowest BCUT2D eigenvalue weighted by atomic mass is 10.5. The van der Waals surface area contributed by atoms with Gasteiger partial charge in [0, 0.05) is 0 Å². The van der Waals surface area contributed by atoms with E-state index in [9.17, 15) is 10.00 Å². The Bertz CT molecular complexity index is 244. The van der Waals surface area contributed by atoms with Crippen LogP contribution in [0.2, 0.25) is 0 Å². The van der Waals surface area contributed by atoms with Gasteiger partial charge in [-0.25, -0.2) is 0 Å². The number of nitrogens with zero attached hydrogens (tertiary/aromatic N) is 2. The molecule has 0 aromatic rings. The summed E-state index contributed by atoms with van der Waals surface area (Å²) in [6.07, 6.45) is 0. The SMILES string of the molecule is C[N+](C)(C)C/C(O)=[P+](\[O-])N1CCOCC1. The first-order valence-corrected chi connectivity index (χ1v) is 6.26. The molecule has 15 heavy (non-hydrogen) atoms. The predicted molar refractivity (Wildman–Crippen MR) is 59.2 cm³/mol. The van der Waals surface area contributed by atoms with Crippen LogP contribution < -0.4 is 4.89 Å². The minimum Gasteiger partial charge on any atom is -0.612 e. The number of aliphatic hydroxyl groups excluding tert-OH is 1. The molecule has 0 spiro atoms. The van der Waals surface area contributed by atoms with Crippen LogP contribution in [0.4, 0.5) is 0 Å². The molecule has 0 aromatic carbocycles. The molecule has 0 aromatic heterocycles. The lowest BCUT2D eigenvalue weighted by Gasteiger charge is -2.25. The first kappa shape index (κ1) is 13.0. The van der Waals surface area contributed by atoms with E-state index in [0.29, 0.717) is 37.3 Å². The molecule has 1 unspecified atom stereocenters. The van der Waals surface area contributed by atoms with Crippen LogP contribution in [0.3, 0.4) is 0 Å². The van der Waals surface area contributed by atoms with Gasteiger partial charge < -0.3 is 19.2 Å². The second kappa shape index (κ2) is 5.34. The summed E-state index contributed by atoms with van der Waals surface area (Å²) >= 11 is 0. The number of likely N-dealkylation sites (N-methyl/N-ethyl adjacent to an activating group) is 1. The van der Waals surface area contributed by atoms with Crippen molar-refractivity contribution in [2.75, 3.05) is 54.0 Å². The summed E-state index contributed by atoms with van der Waals surface area (Å²) in [5.41, 5.74) is 0.0828. The average Bonchev–Trinajstić information content (AvgIpc) is 2.15. The molecule has 1 saturated heterocycles. The molecule has 88 valence electrons. The van der Waals surface area contributed by atoms with Crippen LogP contribution in [0.5, 0.6) is 0 Å². The van der Waals surface area contributed by atoms with Crippen LogP contribution in [0.15, 0.2) is 0 Å². The minimum absolute atomic E-state index is 0.0828. The maximum atomic E-state index is 11.9. The van der Waals surface area contributed by atoms with Crippen molar-refractivity contribution in [2.45, 2.75) is 0 Å². The topological polar surface area (TPSA) is 55.8 Å². The number of morpholine rings is 1. The highest BCUT2D eigenvalue weighted by atomic mass is 31.1. The Hall–Kier alpha value is -0.0300. The number of aliphatic hydroxyl groups is 1. The third kappa shape index (κ3) is 4.55. The smallest absolute Gasteiger partial charge is 0.294 e. The largest absolute Gasteiger partial charge is 0.612 e. The summed E-state index contributed by atoms with van der Waals surface area (Å²) in [6.45, 7) is 2.89. The van der Waals surface area contributed by atoms with Gasteiger partial charge in [-0.3, -0.25) is 0 Å². The first-order chi connectivity index (χ1) is 6.90. The molecule has 1 fully saturated rings. The van der Waals surface area contributed by atoms with E-state index in [4.69, 9.17) is 4.74 Å². The second-order valence-corrected chi connectivity index (χ2v) is 6.33. The monoisotopic (exact) mass is 235 g/mol. The molecule has 0 radical (unpaired) electrons. The Morgan fingerprint density at radius 2 is 1.93 bits per heavy atom. The van der Waals surface area contributed by atoms with Crippen molar-refractivity contribution in [3.8, 4) is 0 Å². The molecule has 1 heterocycles. The molecule has 5 nitrogen and oxygen atoms in total. The fourth-order valence-electron chi connectivity index (χ4n) is 1.38. The predicted octanol–water partition coefficient (Wildman–Crippen LogP) is -0.801. The van der Waals surface area contributed by atoms with Crippen LogP contribution in [-0.4, -0.2) is 73.7 Å². The van der Waals surface area contributed by atoms with Crippen molar-refractivity contribution in [3.63, 3.8) is 0 Å². The zero-order chi connectivity index (χ0) is 11.5. The molecule has 1 atom stereocenters. The lowest BCUT2D eigenvalue weighted by molar-refractivity contribution is -0.861.